The van der Waals surface area contributed by atoms with Crippen molar-refractivity contribution in [1.82, 2.24) is 0 Å². The van der Waals surface area contributed by atoms with Crippen LogP contribution < -0.4 is 0 Å². The number of aliphatic carboxylic acids is 1. The first-order chi connectivity index (χ1) is 19.6. The lowest BCUT2D eigenvalue weighted by Gasteiger charge is -2.16. The highest BCUT2D eigenvalue weighted by molar-refractivity contribution is 5.71. The molecule has 1 unspecified atom stereocenters. The summed E-state index contributed by atoms with van der Waals surface area (Å²) in [4.78, 5) is 23.5. The molecule has 0 saturated heterocycles. The van der Waals surface area contributed by atoms with E-state index in [1.54, 1.807) is 0 Å². The molecule has 0 aromatic carbocycles. The molecule has 0 aliphatic heterocycles. The normalized spacial score (nSPS) is 12.1. The van der Waals surface area contributed by atoms with Crippen LogP contribution in [0.3, 0.4) is 0 Å². The van der Waals surface area contributed by atoms with E-state index in [0.717, 1.165) is 25.7 Å². The fourth-order valence-electron chi connectivity index (χ4n) is 5.67. The smallest absolute Gasteiger partial charge is 0.307 e. The van der Waals surface area contributed by atoms with Crippen LogP contribution in [0.4, 0.5) is 0 Å². The van der Waals surface area contributed by atoms with Gasteiger partial charge in [-0.05, 0) is 19.3 Å². The predicted octanol–water partition coefficient (Wildman–Crippen LogP) is 12.1. The van der Waals surface area contributed by atoms with Crippen molar-refractivity contribution in [2.75, 3.05) is 0 Å². The third kappa shape index (κ3) is 31.5. The van der Waals surface area contributed by atoms with Gasteiger partial charge in [-0.3, -0.25) is 9.59 Å². The van der Waals surface area contributed by atoms with Crippen molar-refractivity contribution in [2.45, 2.75) is 219 Å². The van der Waals surface area contributed by atoms with Gasteiger partial charge in [0.2, 0.25) is 0 Å². The number of hydrogen-bond donors (Lipinski definition) is 1. The Bertz CT molecular complexity index is 533. The molecule has 4 heteroatoms. The van der Waals surface area contributed by atoms with E-state index in [9.17, 15) is 14.7 Å². The molecule has 0 heterocycles. The minimum atomic E-state index is -0.876. The van der Waals surface area contributed by atoms with Gasteiger partial charge in [0.25, 0.3) is 0 Å². The van der Waals surface area contributed by atoms with Gasteiger partial charge in [-0.25, -0.2) is 0 Å². The first-order valence-corrected chi connectivity index (χ1v) is 18.0. The molecule has 0 aromatic rings. The van der Waals surface area contributed by atoms with Crippen molar-refractivity contribution in [3.63, 3.8) is 0 Å². The van der Waals surface area contributed by atoms with E-state index in [1.807, 2.05) is 0 Å². The average Bonchev–Trinajstić information content (AvgIpc) is 2.93. The molecule has 1 atom stereocenters. The number of ether oxygens (including phenoxy) is 1. The van der Waals surface area contributed by atoms with Crippen LogP contribution in [0.25, 0.3) is 0 Å². The molecule has 0 aliphatic carbocycles. The highest BCUT2D eigenvalue weighted by atomic mass is 16.5. The molecule has 4 nitrogen and oxygen atoms in total. The van der Waals surface area contributed by atoms with Gasteiger partial charge in [0.15, 0.2) is 0 Å². The lowest BCUT2D eigenvalue weighted by atomic mass is 10.0. The Kier molecular flexibility index (Phi) is 31.6. The van der Waals surface area contributed by atoms with Crippen molar-refractivity contribution >= 4 is 11.9 Å². The molecule has 40 heavy (non-hydrogen) atoms. The Morgan fingerprint density at radius 2 is 0.775 bits per heavy atom. The molecule has 0 spiro atoms. The third-order valence-corrected chi connectivity index (χ3v) is 8.31. The second-order valence-electron chi connectivity index (χ2n) is 12.4. The van der Waals surface area contributed by atoms with Crippen LogP contribution >= 0.6 is 0 Å². The summed E-state index contributed by atoms with van der Waals surface area (Å²) in [5, 5.41) is 9.21. The van der Waals surface area contributed by atoms with Gasteiger partial charge in [0.1, 0.15) is 6.10 Å². The van der Waals surface area contributed by atoms with E-state index < -0.39 is 12.1 Å². The topological polar surface area (TPSA) is 63.6 Å². The summed E-state index contributed by atoms with van der Waals surface area (Å²) < 4.78 is 5.56. The molecule has 238 valence electrons. The van der Waals surface area contributed by atoms with Gasteiger partial charge < -0.3 is 9.84 Å². The summed E-state index contributed by atoms with van der Waals surface area (Å²) in [5.74, 6) is -1.09. The number of carboxylic acids is 1. The molecule has 0 saturated carbocycles. The lowest BCUT2D eigenvalue weighted by molar-refractivity contribution is -0.153. The number of esters is 1. The minimum absolute atomic E-state index is 0.0669. The highest BCUT2D eigenvalue weighted by Gasteiger charge is 2.17. The molecule has 0 bridgehead atoms. The molecular weight excluding hydrogens is 496 g/mol. The zero-order chi connectivity index (χ0) is 29.4. The summed E-state index contributed by atoms with van der Waals surface area (Å²) >= 11 is 0. The Morgan fingerprint density at radius 3 is 1.10 bits per heavy atom. The SMILES string of the molecule is CCCCCCCCCCCCCCCCCCCC(=O)OC(CCCCCCCCCCCCC)CC(=O)O. The number of hydrogen-bond acceptors (Lipinski definition) is 3. The van der Waals surface area contributed by atoms with Gasteiger partial charge in [0, 0.05) is 6.42 Å². The molecule has 0 rings (SSSR count). The van der Waals surface area contributed by atoms with Crippen LogP contribution in [-0.4, -0.2) is 23.1 Å². The molecule has 0 amide bonds. The van der Waals surface area contributed by atoms with Crippen LogP contribution in [0.1, 0.15) is 213 Å². The van der Waals surface area contributed by atoms with E-state index in [-0.39, 0.29) is 12.4 Å². The molecule has 0 aliphatic rings. The van der Waals surface area contributed by atoms with Crippen molar-refractivity contribution in [2.24, 2.45) is 0 Å². The van der Waals surface area contributed by atoms with Gasteiger partial charge >= 0.3 is 11.9 Å². The van der Waals surface area contributed by atoms with Crippen molar-refractivity contribution < 1.29 is 19.4 Å². The monoisotopic (exact) mass is 567 g/mol. The van der Waals surface area contributed by atoms with Crippen molar-refractivity contribution in [3.05, 3.63) is 0 Å². The van der Waals surface area contributed by atoms with Crippen LogP contribution in [0.2, 0.25) is 0 Å². The number of carbonyl (C=O) groups is 2. The zero-order valence-electron chi connectivity index (χ0n) is 27.2. The van der Waals surface area contributed by atoms with Crippen LogP contribution in [-0.2, 0) is 14.3 Å². The molecule has 0 fully saturated rings. The molecule has 0 aromatic heterocycles. The van der Waals surface area contributed by atoms with E-state index >= 15 is 0 Å². The number of rotatable bonds is 33. The van der Waals surface area contributed by atoms with E-state index in [4.69, 9.17) is 4.74 Å². The maximum Gasteiger partial charge on any atom is 0.307 e. The van der Waals surface area contributed by atoms with Gasteiger partial charge in [-0.1, -0.05) is 181 Å². The first kappa shape index (κ1) is 38.9. The zero-order valence-corrected chi connectivity index (χ0v) is 27.2. The van der Waals surface area contributed by atoms with E-state index in [2.05, 4.69) is 13.8 Å². The van der Waals surface area contributed by atoms with Crippen LogP contribution in [0, 0.1) is 0 Å². The highest BCUT2D eigenvalue weighted by Crippen LogP contribution is 2.17. The fraction of sp³-hybridized carbons (Fsp3) is 0.944. The minimum Gasteiger partial charge on any atom is -0.481 e. The van der Waals surface area contributed by atoms with Crippen molar-refractivity contribution in [3.8, 4) is 0 Å². The van der Waals surface area contributed by atoms with Gasteiger partial charge in [-0.15, -0.1) is 0 Å². The number of carboxylic acid groups (broad SMARTS) is 1. The second-order valence-corrected chi connectivity index (χ2v) is 12.4. The Labute approximate surface area is 250 Å². The summed E-state index contributed by atoms with van der Waals surface area (Å²) in [6.07, 6.45) is 36.9. The Hall–Kier alpha value is -1.06. The maximum absolute atomic E-state index is 12.3. The number of unbranched alkanes of at least 4 members (excludes halogenated alkanes) is 26. The average molecular weight is 567 g/mol. The van der Waals surface area contributed by atoms with Crippen molar-refractivity contribution in [1.29, 1.82) is 0 Å². The summed E-state index contributed by atoms with van der Waals surface area (Å²) in [6, 6.07) is 0. The van der Waals surface area contributed by atoms with Crippen LogP contribution in [0.15, 0.2) is 0 Å². The Morgan fingerprint density at radius 1 is 0.475 bits per heavy atom. The molecule has 1 N–H and O–H groups in total. The largest absolute Gasteiger partial charge is 0.481 e. The summed E-state index contributed by atoms with van der Waals surface area (Å²) in [7, 11) is 0. The maximum atomic E-state index is 12.3. The van der Waals surface area contributed by atoms with Gasteiger partial charge in [0.05, 0.1) is 6.42 Å². The lowest BCUT2D eigenvalue weighted by Crippen LogP contribution is -2.21. The molecular formula is C36H70O4. The van der Waals surface area contributed by atoms with E-state index in [0.29, 0.717) is 12.8 Å². The van der Waals surface area contributed by atoms with Gasteiger partial charge in [-0.2, -0.15) is 0 Å². The fourth-order valence-corrected chi connectivity index (χ4v) is 5.67. The second kappa shape index (κ2) is 32.5. The predicted molar refractivity (Wildman–Crippen MR) is 172 cm³/mol. The third-order valence-electron chi connectivity index (χ3n) is 8.31. The summed E-state index contributed by atoms with van der Waals surface area (Å²) in [5.41, 5.74) is 0. The number of carbonyl (C=O) groups excluding carboxylic acids is 1. The van der Waals surface area contributed by atoms with Crippen LogP contribution in [0.5, 0.6) is 0 Å². The Balaban J connectivity index is 3.59. The quantitative estimate of drug-likeness (QED) is 0.0633. The summed E-state index contributed by atoms with van der Waals surface area (Å²) in [6.45, 7) is 4.53. The standard InChI is InChI=1S/C36H70O4/c1-3-5-7-9-11-13-15-16-17-18-19-20-22-24-26-28-30-32-36(39)40-34(33-35(37)38)31-29-27-25-23-21-14-12-10-8-6-4-2/h34H,3-33H2,1-2H3,(H,37,38). The molecule has 0 radical (unpaired) electrons. The van der Waals surface area contributed by atoms with E-state index in [1.165, 1.54) is 154 Å². The first-order valence-electron chi connectivity index (χ1n) is 18.0.